The van der Waals surface area contributed by atoms with Gasteiger partial charge < -0.3 is 10.2 Å². The largest absolute Gasteiger partial charge is 0.371 e. The third kappa shape index (κ3) is 3.71. The van der Waals surface area contributed by atoms with Crippen LogP contribution in [0.3, 0.4) is 0 Å². The van der Waals surface area contributed by atoms with Gasteiger partial charge >= 0.3 is 0 Å². The van der Waals surface area contributed by atoms with Crippen LogP contribution in [0.4, 0.5) is 11.4 Å². The number of nitrogens with one attached hydrogen (secondary N) is 1. The maximum absolute atomic E-state index is 12.3. The van der Waals surface area contributed by atoms with E-state index in [1.165, 1.54) is 36.1 Å². The van der Waals surface area contributed by atoms with E-state index < -0.39 is 0 Å². The van der Waals surface area contributed by atoms with Crippen LogP contribution in [0.2, 0.25) is 0 Å². The van der Waals surface area contributed by atoms with Crippen LogP contribution >= 0.6 is 0 Å². The molecule has 1 atom stereocenters. The Labute approximate surface area is 150 Å². The average Bonchev–Trinajstić information content (AvgIpc) is 3.24. The van der Waals surface area contributed by atoms with Gasteiger partial charge in [-0.25, -0.2) is 0 Å². The molecule has 130 valence electrons. The molecule has 4 rings (SSSR count). The summed E-state index contributed by atoms with van der Waals surface area (Å²) in [5, 5.41) is 3.03. The first kappa shape index (κ1) is 16.2. The van der Waals surface area contributed by atoms with Crippen molar-refractivity contribution >= 4 is 17.3 Å². The fourth-order valence-corrected chi connectivity index (χ4v) is 4.05. The Hall–Kier alpha value is -2.29. The molecule has 1 unspecified atom stereocenters. The Morgan fingerprint density at radius 2 is 1.92 bits per heavy atom. The molecular weight excluding hydrogens is 308 g/mol. The minimum atomic E-state index is 0.0560. The molecule has 2 aromatic rings. The molecule has 1 N–H and O–H groups in total. The summed E-state index contributed by atoms with van der Waals surface area (Å²) in [5.74, 6) is 0.826. The number of hydrogen-bond acceptors (Lipinski definition) is 2. The van der Waals surface area contributed by atoms with E-state index in [1.807, 2.05) is 12.1 Å². The van der Waals surface area contributed by atoms with Crippen molar-refractivity contribution in [3.05, 3.63) is 59.2 Å². The van der Waals surface area contributed by atoms with Crippen LogP contribution in [-0.4, -0.2) is 19.0 Å². The summed E-state index contributed by atoms with van der Waals surface area (Å²) in [4.78, 5) is 14.8. The zero-order valence-electron chi connectivity index (χ0n) is 14.9. The number of nitrogens with zero attached hydrogens (tertiary/aromatic N) is 1. The van der Waals surface area contributed by atoms with E-state index in [2.05, 4.69) is 47.5 Å². The van der Waals surface area contributed by atoms with Crippen LogP contribution < -0.4 is 10.2 Å². The monoisotopic (exact) mass is 334 g/mol. The van der Waals surface area contributed by atoms with Gasteiger partial charge in [0.1, 0.15) is 0 Å². The van der Waals surface area contributed by atoms with E-state index in [1.54, 1.807) is 0 Å². The first-order valence-corrected chi connectivity index (χ1v) is 9.43. The molecule has 1 amide bonds. The molecule has 1 heterocycles. The molecular formula is C22H26N2O. The molecule has 0 spiro atoms. The molecule has 1 saturated heterocycles. The summed E-state index contributed by atoms with van der Waals surface area (Å²) >= 11 is 0. The maximum Gasteiger partial charge on any atom is 0.228 e. The van der Waals surface area contributed by atoms with Gasteiger partial charge in [-0.2, -0.15) is 0 Å². The second kappa shape index (κ2) is 6.91. The molecule has 1 aliphatic carbocycles. The van der Waals surface area contributed by atoms with Gasteiger partial charge in [-0.1, -0.05) is 25.1 Å². The second-order valence-electron chi connectivity index (χ2n) is 7.57. The van der Waals surface area contributed by atoms with Crippen molar-refractivity contribution in [2.45, 2.75) is 39.0 Å². The Morgan fingerprint density at radius 1 is 1.12 bits per heavy atom. The predicted molar refractivity (Wildman–Crippen MR) is 103 cm³/mol. The highest BCUT2D eigenvalue weighted by Crippen LogP contribution is 2.25. The smallest absolute Gasteiger partial charge is 0.228 e. The molecule has 25 heavy (non-hydrogen) atoms. The van der Waals surface area contributed by atoms with E-state index in [0.29, 0.717) is 6.42 Å². The van der Waals surface area contributed by atoms with Gasteiger partial charge in [0.25, 0.3) is 0 Å². The number of hydrogen-bond donors (Lipinski definition) is 1. The molecule has 1 aliphatic heterocycles. The van der Waals surface area contributed by atoms with Crippen molar-refractivity contribution in [2.75, 3.05) is 23.3 Å². The summed E-state index contributed by atoms with van der Waals surface area (Å²) in [6, 6.07) is 14.8. The van der Waals surface area contributed by atoms with Gasteiger partial charge in [0.15, 0.2) is 0 Å². The summed E-state index contributed by atoms with van der Waals surface area (Å²) in [6.07, 6.45) is 5.29. The SMILES string of the molecule is CC1CCN(c2ccc(NC(=O)Cc3ccc4c(c3)CCC4)cc2)C1. The number of carbonyl (C=O) groups is 1. The van der Waals surface area contributed by atoms with Gasteiger partial charge in [-0.3, -0.25) is 4.79 Å². The van der Waals surface area contributed by atoms with Gasteiger partial charge in [-0.05, 0) is 72.6 Å². The van der Waals surface area contributed by atoms with Crippen molar-refractivity contribution in [3.63, 3.8) is 0 Å². The predicted octanol–water partition coefficient (Wildman–Crippen LogP) is 4.20. The lowest BCUT2D eigenvalue weighted by Gasteiger charge is -2.18. The normalized spacial score (nSPS) is 19.1. The molecule has 2 aromatic carbocycles. The van der Waals surface area contributed by atoms with Crippen molar-refractivity contribution < 1.29 is 4.79 Å². The molecule has 0 saturated carbocycles. The molecule has 0 aromatic heterocycles. The zero-order chi connectivity index (χ0) is 17.2. The molecule has 1 fully saturated rings. The fraction of sp³-hybridized carbons (Fsp3) is 0.409. The van der Waals surface area contributed by atoms with Crippen LogP contribution in [0, 0.1) is 5.92 Å². The molecule has 0 bridgehead atoms. The van der Waals surface area contributed by atoms with E-state index in [4.69, 9.17) is 0 Å². The van der Waals surface area contributed by atoms with E-state index in [0.717, 1.165) is 36.7 Å². The van der Waals surface area contributed by atoms with Gasteiger partial charge in [0.2, 0.25) is 5.91 Å². The molecule has 2 aliphatic rings. The third-order valence-corrected chi connectivity index (χ3v) is 5.47. The number of amides is 1. The maximum atomic E-state index is 12.3. The number of carbonyl (C=O) groups excluding carboxylic acids is 1. The van der Waals surface area contributed by atoms with Crippen LogP contribution in [0.25, 0.3) is 0 Å². The summed E-state index contributed by atoms with van der Waals surface area (Å²) in [5.41, 5.74) is 6.12. The van der Waals surface area contributed by atoms with E-state index in [9.17, 15) is 4.79 Å². The first-order valence-electron chi connectivity index (χ1n) is 9.43. The minimum absolute atomic E-state index is 0.0560. The van der Waals surface area contributed by atoms with Crippen LogP contribution in [-0.2, 0) is 24.1 Å². The summed E-state index contributed by atoms with van der Waals surface area (Å²) in [7, 11) is 0. The van der Waals surface area contributed by atoms with Crippen molar-refractivity contribution in [2.24, 2.45) is 5.92 Å². The average molecular weight is 334 g/mol. The van der Waals surface area contributed by atoms with Crippen LogP contribution in [0.15, 0.2) is 42.5 Å². The highest BCUT2D eigenvalue weighted by atomic mass is 16.1. The number of benzene rings is 2. The Morgan fingerprint density at radius 3 is 2.68 bits per heavy atom. The highest BCUT2D eigenvalue weighted by Gasteiger charge is 2.18. The number of anilines is 2. The van der Waals surface area contributed by atoms with E-state index >= 15 is 0 Å². The van der Waals surface area contributed by atoms with Gasteiger partial charge in [0.05, 0.1) is 6.42 Å². The van der Waals surface area contributed by atoms with Gasteiger partial charge in [0, 0.05) is 24.5 Å². The molecule has 0 radical (unpaired) electrons. The first-order chi connectivity index (χ1) is 12.2. The van der Waals surface area contributed by atoms with Crippen LogP contribution in [0.5, 0.6) is 0 Å². The standard InChI is InChI=1S/C22H26N2O/c1-16-11-12-24(15-16)21-9-7-20(8-10-21)23-22(25)14-17-5-6-18-3-2-4-19(18)13-17/h5-10,13,16H,2-4,11-12,14-15H2,1H3,(H,23,25). The molecule has 3 nitrogen and oxygen atoms in total. The van der Waals surface area contributed by atoms with Gasteiger partial charge in [-0.15, -0.1) is 0 Å². The zero-order valence-corrected chi connectivity index (χ0v) is 14.9. The lowest BCUT2D eigenvalue weighted by Crippen LogP contribution is -2.19. The molecule has 3 heteroatoms. The number of fused-ring (bicyclic) bond motifs is 1. The van der Waals surface area contributed by atoms with E-state index in [-0.39, 0.29) is 5.91 Å². The topological polar surface area (TPSA) is 32.3 Å². The lowest BCUT2D eigenvalue weighted by molar-refractivity contribution is -0.115. The number of aryl methyl sites for hydroxylation is 2. The third-order valence-electron chi connectivity index (χ3n) is 5.47. The summed E-state index contributed by atoms with van der Waals surface area (Å²) < 4.78 is 0. The Balaban J connectivity index is 1.36. The minimum Gasteiger partial charge on any atom is -0.371 e. The number of rotatable bonds is 4. The Bertz CT molecular complexity index is 766. The quantitative estimate of drug-likeness (QED) is 0.909. The van der Waals surface area contributed by atoms with Crippen LogP contribution in [0.1, 0.15) is 36.5 Å². The fourth-order valence-electron chi connectivity index (χ4n) is 4.05. The van der Waals surface area contributed by atoms with Crippen molar-refractivity contribution in [3.8, 4) is 0 Å². The lowest BCUT2D eigenvalue weighted by atomic mass is 10.0. The van der Waals surface area contributed by atoms with Crippen molar-refractivity contribution in [1.29, 1.82) is 0 Å². The summed E-state index contributed by atoms with van der Waals surface area (Å²) in [6.45, 7) is 4.56. The highest BCUT2D eigenvalue weighted by molar-refractivity contribution is 5.92. The van der Waals surface area contributed by atoms with Crippen molar-refractivity contribution in [1.82, 2.24) is 0 Å². The Kier molecular flexibility index (Phi) is 4.48. The second-order valence-corrected chi connectivity index (χ2v) is 7.57.